The molecular formula is C21H19N7O3S. The molecule has 0 atom stereocenters. The van der Waals surface area contributed by atoms with Crippen LogP contribution in [0.5, 0.6) is 0 Å². The molecule has 5 rings (SSSR count). The zero-order valence-corrected chi connectivity index (χ0v) is 17.9. The number of ketones is 1. The van der Waals surface area contributed by atoms with E-state index in [1.807, 2.05) is 22.2 Å². The number of benzene rings is 1. The Hall–Kier alpha value is -3.99. The molecule has 4 heterocycles. The maximum atomic E-state index is 13.0. The minimum Gasteiger partial charge on any atom is -0.399 e. The van der Waals surface area contributed by atoms with Gasteiger partial charge in [0.2, 0.25) is 0 Å². The number of anilines is 1. The molecule has 0 amide bonds. The van der Waals surface area contributed by atoms with Crippen molar-refractivity contribution >= 4 is 38.9 Å². The number of hydrogen-bond donors (Lipinski definition) is 2. The van der Waals surface area contributed by atoms with Crippen LogP contribution in [0.25, 0.3) is 16.1 Å². The highest BCUT2D eigenvalue weighted by molar-refractivity contribution is 7.15. The fourth-order valence-electron chi connectivity index (χ4n) is 3.74. The van der Waals surface area contributed by atoms with Gasteiger partial charge in [-0.2, -0.15) is 0 Å². The van der Waals surface area contributed by atoms with Gasteiger partial charge in [-0.25, -0.2) is 14.8 Å². The quantitative estimate of drug-likeness (QED) is 0.299. The van der Waals surface area contributed by atoms with Gasteiger partial charge in [0.05, 0.1) is 12.2 Å². The first-order valence-electron chi connectivity index (χ1n) is 9.96. The number of thiazole rings is 1. The topological polar surface area (TPSA) is 133 Å². The van der Waals surface area contributed by atoms with Gasteiger partial charge >= 0.3 is 5.69 Å². The van der Waals surface area contributed by atoms with Crippen molar-refractivity contribution in [1.29, 1.82) is 0 Å². The number of aromatic nitrogens is 6. The number of nitrogens with two attached hydrogens (primary N) is 1. The van der Waals surface area contributed by atoms with E-state index in [1.54, 1.807) is 35.8 Å². The summed E-state index contributed by atoms with van der Waals surface area (Å²) in [5, 5.41) is 1.94. The molecule has 0 aliphatic rings. The highest BCUT2D eigenvalue weighted by Gasteiger charge is 2.21. The number of carbonyl (C=O) groups excluding carboxylic acids is 1. The van der Waals surface area contributed by atoms with Crippen LogP contribution in [0.2, 0.25) is 0 Å². The zero-order valence-electron chi connectivity index (χ0n) is 17.1. The highest BCUT2D eigenvalue weighted by atomic mass is 32.1. The molecule has 0 unspecified atom stereocenters. The van der Waals surface area contributed by atoms with Crippen molar-refractivity contribution in [2.45, 2.75) is 26.4 Å². The Bertz CT molecular complexity index is 1560. The molecule has 0 saturated heterocycles. The first-order chi connectivity index (χ1) is 15.4. The van der Waals surface area contributed by atoms with Crippen molar-refractivity contribution in [1.82, 2.24) is 28.5 Å². The fourth-order valence-corrected chi connectivity index (χ4v) is 4.46. The van der Waals surface area contributed by atoms with Crippen molar-refractivity contribution in [2.24, 2.45) is 0 Å². The molecule has 0 radical (unpaired) electrons. The lowest BCUT2D eigenvalue weighted by Gasteiger charge is -2.08. The summed E-state index contributed by atoms with van der Waals surface area (Å²) in [7, 11) is 0. The van der Waals surface area contributed by atoms with Crippen molar-refractivity contribution in [3.05, 3.63) is 80.0 Å². The second-order valence-electron chi connectivity index (χ2n) is 7.34. The SMILES string of the molecule is CCn1c(=O)[nH]c(=O)c2c1nc(Cc1cn3ccsc3n1)n2CC(=O)c1ccc(N)cc1. The summed E-state index contributed by atoms with van der Waals surface area (Å²) >= 11 is 1.51. The van der Waals surface area contributed by atoms with Crippen LogP contribution in [0.1, 0.15) is 28.8 Å². The van der Waals surface area contributed by atoms with Crippen molar-refractivity contribution in [3.8, 4) is 0 Å². The standard InChI is InChI=1S/C21H19N7O3S/c1-2-27-18-17(19(30)25-20(27)31)28(11-15(29)12-3-5-13(22)6-4-12)16(24-18)9-14-10-26-7-8-32-21(26)23-14/h3-8,10H,2,9,11,22H2,1H3,(H,25,30,31). The predicted octanol–water partition coefficient (Wildman–Crippen LogP) is 1.67. The van der Waals surface area contributed by atoms with Crippen LogP contribution in [0.15, 0.2) is 51.6 Å². The number of rotatable bonds is 6. The lowest BCUT2D eigenvalue weighted by molar-refractivity contribution is 0.0972. The number of nitrogen functional groups attached to an aromatic ring is 1. The van der Waals surface area contributed by atoms with E-state index in [2.05, 4.69) is 15.0 Å². The minimum atomic E-state index is -0.579. The number of aromatic amines is 1. The molecule has 11 heteroatoms. The highest BCUT2D eigenvalue weighted by Crippen LogP contribution is 2.19. The van der Waals surface area contributed by atoms with Crippen molar-refractivity contribution < 1.29 is 4.79 Å². The molecular weight excluding hydrogens is 430 g/mol. The van der Waals surface area contributed by atoms with Gasteiger partial charge in [0, 0.05) is 42.0 Å². The Kier molecular flexibility index (Phi) is 4.74. The monoisotopic (exact) mass is 449 g/mol. The molecule has 162 valence electrons. The molecule has 4 aromatic heterocycles. The smallest absolute Gasteiger partial charge is 0.330 e. The lowest BCUT2D eigenvalue weighted by atomic mass is 10.1. The number of aryl methyl sites for hydroxylation is 1. The summed E-state index contributed by atoms with van der Waals surface area (Å²) in [6, 6.07) is 6.59. The third kappa shape index (κ3) is 3.32. The number of nitrogens with zero attached hydrogens (tertiary/aromatic N) is 5. The van der Waals surface area contributed by atoms with Crippen LogP contribution < -0.4 is 17.0 Å². The molecule has 0 aliphatic carbocycles. The van der Waals surface area contributed by atoms with Gasteiger partial charge in [-0.05, 0) is 31.2 Å². The number of H-pyrrole nitrogens is 1. The Labute approximate surface area is 184 Å². The molecule has 0 spiro atoms. The Morgan fingerprint density at radius 3 is 2.66 bits per heavy atom. The van der Waals surface area contributed by atoms with Crippen LogP contribution in [0.4, 0.5) is 5.69 Å². The van der Waals surface area contributed by atoms with E-state index in [-0.39, 0.29) is 23.5 Å². The average Bonchev–Trinajstić information content (AvgIpc) is 3.43. The molecule has 0 saturated carbocycles. The molecule has 10 nitrogen and oxygen atoms in total. The predicted molar refractivity (Wildman–Crippen MR) is 121 cm³/mol. The molecule has 0 aliphatic heterocycles. The second-order valence-corrected chi connectivity index (χ2v) is 8.21. The Morgan fingerprint density at radius 1 is 1.16 bits per heavy atom. The summed E-state index contributed by atoms with van der Waals surface area (Å²) in [5.41, 5.74) is 6.82. The van der Waals surface area contributed by atoms with Gasteiger partial charge < -0.3 is 10.3 Å². The van der Waals surface area contributed by atoms with E-state index < -0.39 is 11.2 Å². The molecule has 3 N–H and O–H groups in total. The van der Waals surface area contributed by atoms with E-state index >= 15 is 0 Å². The van der Waals surface area contributed by atoms with Gasteiger partial charge in [-0.15, -0.1) is 11.3 Å². The largest absolute Gasteiger partial charge is 0.399 e. The van der Waals surface area contributed by atoms with Gasteiger partial charge in [0.15, 0.2) is 21.9 Å². The number of carbonyl (C=O) groups is 1. The third-order valence-electron chi connectivity index (χ3n) is 5.30. The molecule has 0 bridgehead atoms. The molecule has 1 aromatic carbocycles. The molecule has 32 heavy (non-hydrogen) atoms. The fraction of sp³-hybridized carbons (Fsp3) is 0.190. The van der Waals surface area contributed by atoms with E-state index in [0.717, 1.165) is 10.7 Å². The third-order valence-corrected chi connectivity index (χ3v) is 6.07. The molecule has 5 aromatic rings. The number of nitrogens with one attached hydrogen (secondary N) is 1. The van der Waals surface area contributed by atoms with Crippen molar-refractivity contribution in [2.75, 3.05) is 5.73 Å². The number of Topliss-reactive ketones (excluding diaryl/α,β-unsaturated/α-hetero) is 1. The zero-order chi connectivity index (χ0) is 22.4. The second kappa shape index (κ2) is 7.61. The first kappa shape index (κ1) is 19.9. The van der Waals surface area contributed by atoms with Gasteiger partial charge in [0.1, 0.15) is 5.82 Å². The van der Waals surface area contributed by atoms with E-state index in [0.29, 0.717) is 30.0 Å². The van der Waals surface area contributed by atoms with E-state index in [1.165, 1.54) is 15.9 Å². The minimum absolute atomic E-state index is 0.108. The first-order valence-corrected chi connectivity index (χ1v) is 10.8. The summed E-state index contributed by atoms with van der Waals surface area (Å²) in [5.74, 6) is 0.276. The van der Waals surface area contributed by atoms with Crippen LogP contribution >= 0.6 is 11.3 Å². The average molecular weight is 449 g/mol. The summed E-state index contributed by atoms with van der Waals surface area (Å²) in [4.78, 5) is 50.4. The van der Waals surface area contributed by atoms with Crippen LogP contribution in [0.3, 0.4) is 0 Å². The summed E-state index contributed by atoms with van der Waals surface area (Å²) in [6.07, 6.45) is 4.09. The number of hydrogen-bond acceptors (Lipinski definition) is 7. The van der Waals surface area contributed by atoms with Gasteiger partial charge in [-0.1, -0.05) is 0 Å². The normalized spacial score (nSPS) is 11.5. The number of fused-ring (bicyclic) bond motifs is 2. The van der Waals surface area contributed by atoms with Gasteiger partial charge in [-0.3, -0.25) is 23.5 Å². The van der Waals surface area contributed by atoms with E-state index in [4.69, 9.17) is 5.73 Å². The Balaban J connectivity index is 1.65. The van der Waals surface area contributed by atoms with Crippen LogP contribution in [-0.2, 0) is 19.5 Å². The maximum absolute atomic E-state index is 13.0. The van der Waals surface area contributed by atoms with Crippen molar-refractivity contribution in [3.63, 3.8) is 0 Å². The van der Waals surface area contributed by atoms with E-state index in [9.17, 15) is 14.4 Å². The Morgan fingerprint density at radius 2 is 1.94 bits per heavy atom. The lowest BCUT2D eigenvalue weighted by Crippen LogP contribution is -2.31. The summed E-state index contributed by atoms with van der Waals surface area (Å²) in [6.45, 7) is 2.01. The maximum Gasteiger partial charge on any atom is 0.330 e. The molecule has 0 fully saturated rings. The van der Waals surface area contributed by atoms with Gasteiger partial charge in [0.25, 0.3) is 5.56 Å². The number of imidazole rings is 2. The summed E-state index contributed by atoms with van der Waals surface area (Å²) < 4.78 is 4.86. The van der Waals surface area contributed by atoms with Crippen LogP contribution in [-0.4, -0.2) is 34.3 Å². The van der Waals surface area contributed by atoms with Crippen LogP contribution in [0, 0.1) is 0 Å².